The van der Waals surface area contributed by atoms with Gasteiger partial charge in [0.25, 0.3) is 0 Å². The molecular formula is C23H20FN3O2. The van der Waals surface area contributed by atoms with Crippen LogP contribution in [0.15, 0.2) is 83.3 Å². The fourth-order valence-electron chi connectivity index (χ4n) is 3.03. The highest BCUT2D eigenvalue weighted by Gasteiger charge is 2.15. The first-order valence-corrected chi connectivity index (χ1v) is 9.22. The number of hydrogen-bond donors (Lipinski definition) is 0. The van der Waals surface area contributed by atoms with Gasteiger partial charge in [-0.05, 0) is 54.1 Å². The summed E-state index contributed by atoms with van der Waals surface area (Å²) in [6.07, 6.45) is 0. The van der Waals surface area contributed by atoms with Crippen molar-refractivity contribution in [1.82, 2.24) is 10.2 Å². The van der Waals surface area contributed by atoms with Gasteiger partial charge in [-0.3, -0.25) is 0 Å². The number of anilines is 1. The summed E-state index contributed by atoms with van der Waals surface area (Å²) in [7, 11) is 1.65. The lowest BCUT2D eigenvalue weighted by molar-refractivity contribution is 0.415. The van der Waals surface area contributed by atoms with Gasteiger partial charge in [0, 0.05) is 17.8 Å². The molecule has 146 valence electrons. The van der Waals surface area contributed by atoms with Gasteiger partial charge in [-0.1, -0.05) is 30.3 Å². The first kappa shape index (κ1) is 18.7. The molecule has 0 aliphatic heterocycles. The van der Waals surface area contributed by atoms with Crippen molar-refractivity contribution in [3.63, 3.8) is 0 Å². The van der Waals surface area contributed by atoms with Gasteiger partial charge < -0.3 is 14.1 Å². The van der Waals surface area contributed by atoms with Crippen LogP contribution in [0.5, 0.6) is 5.75 Å². The number of benzene rings is 3. The Morgan fingerprint density at radius 1 is 0.862 bits per heavy atom. The van der Waals surface area contributed by atoms with Gasteiger partial charge >= 0.3 is 0 Å². The summed E-state index contributed by atoms with van der Waals surface area (Å²) in [4.78, 5) is 2.15. The summed E-state index contributed by atoms with van der Waals surface area (Å²) in [5.74, 6) is 1.34. The summed E-state index contributed by atoms with van der Waals surface area (Å²) in [6.45, 7) is 1.12. The fourth-order valence-corrected chi connectivity index (χ4v) is 3.03. The van der Waals surface area contributed by atoms with Crippen LogP contribution in [-0.2, 0) is 13.1 Å². The van der Waals surface area contributed by atoms with Crippen LogP contribution in [0.3, 0.4) is 0 Å². The molecule has 4 aromatic rings. The first-order chi connectivity index (χ1) is 14.2. The average Bonchev–Trinajstić information content (AvgIpc) is 3.23. The molecule has 0 aliphatic carbocycles. The van der Waals surface area contributed by atoms with Gasteiger partial charge in [-0.15, -0.1) is 10.2 Å². The first-order valence-electron chi connectivity index (χ1n) is 9.22. The molecule has 0 unspecified atom stereocenters. The van der Waals surface area contributed by atoms with E-state index < -0.39 is 0 Å². The number of aromatic nitrogens is 2. The molecule has 4 rings (SSSR count). The van der Waals surface area contributed by atoms with Crippen LogP contribution in [0.2, 0.25) is 0 Å². The fraction of sp³-hybridized carbons (Fsp3) is 0.130. The molecule has 0 aliphatic rings. The zero-order valence-corrected chi connectivity index (χ0v) is 16.0. The van der Waals surface area contributed by atoms with E-state index in [0.717, 1.165) is 11.4 Å². The molecular weight excluding hydrogens is 369 g/mol. The summed E-state index contributed by atoms with van der Waals surface area (Å²) in [6, 6.07) is 24.0. The molecule has 0 radical (unpaired) electrons. The van der Waals surface area contributed by atoms with E-state index in [4.69, 9.17) is 9.15 Å². The molecule has 0 amide bonds. The van der Waals surface area contributed by atoms with E-state index in [1.807, 2.05) is 42.5 Å². The lowest BCUT2D eigenvalue weighted by Gasteiger charge is -2.23. The van der Waals surface area contributed by atoms with E-state index in [-0.39, 0.29) is 5.82 Å². The van der Waals surface area contributed by atoms with E-state index in [0.29, 0.717) is 30.4 Å². The molecule has 0 saturated heterocycles. The Labute approximate surface area is 168 Å². The van der Waals surface area contributed by atoms with Crippen molar-refractivity contribution in [1.29, 1.82) is 0 Å². The van der Waals surface area contributed by atoms with Gasteiger partial charge in [-0.2, -0.15) is 0 Å². The van der Waals surface area contributed by atoms with Crippen molar-refractivity contribution < 1.29 is 13.5 Å². The highest BCUT2D eigenvalue weighted by atomic mass is 19.1. The molecule has 3 aromatic carbocycles. The smallest absolute Gasteiger partial charge is 0.247 e. The Morgan fingerprint density at radius 3 is 2.28 bits per heavy atom. The maximum absolute atomic E-state index is 13.1. The highest BCUT2D eigenvalue weighted by molar-refractivity contribution is 5.52. The minimum atomic E-state index is -0.304. The Hall–Kier alpha value is -3.67. The van der Waals surface area contributed by atoms with Crippen molar-refractivity contribution in [3.05, 3.63) is 96.1 Å². The molecule has 1 heterocycles. The molecule has 1 aromatic heterocycles. The molecule has 5 nitrogen and oxygen atoms in total. The largest absolute Gasteiger partial charge is 0.497 e. The summed E-state index contributed by atoms with van der Waals surface area (Å²) in [5, 5.41) is 8.29. The summed E-state index contributed by atoms with van der Waals surface area (Å²) >= 11 is 0. The minimum Gasteiger partial charge on any atom is -0.497 e. The minimum absolute atomic E-state index is 0.304. The number of methoxy groups -OCH3 is 1. The van der Waals surface area contributed by atoms with Crippen LogP contribution in [0, 0.1) is 5.82 Å². The summed E-state index contributed by atoms with van der Waals surface area (Å²) in [5.41, 5.74) is 2.86. The van der Waals surface area contributed by atoms with Crippen LogP contribution >= 0.6 is 0 Å². The van der Waals surface area contributed by atoms with Crippen molar-refractivity contribution in [2.45, 2.75) is 13.1 Å². The monoisotopic (exact) mass is 389 g/mol. The van der Waals surface area contributed by atoms with Crippen LogP contribution in [0.25, 0.3) is 11.5 Å². The maximum atomic E-state index is 13.1. The molecule has 0 saturated carbocycles. The predicted octanol–water partition coefficient (Wildman–Crippen LogP) is 5.09. The quantitative estimate of drug-likeness (QED) is 0.441. The molecule has 0 N–H and O–H groups in total. The normalized spacial score (nSPS) is 10.7. The second-order valence-corrected chi connectivity index (χ2v) is 6.55. The van der Waals surface area contributed by atoms with E-state index >= 15 is 0 Å². The molecule has 0 atom stereocenters. The highest BCUT2D eigenvalue weighted by Crippen LogP contribution is 2.24. The second-order valence-electron chi connectivity index (χ2n) is 6.55. The van der Waals surface area contributed by atoms with Gasteiger partial charge in [0.15, 0.2) is 0 Å². The van der Waals surface area contributed by atoms with Gasteiger partial charge in [-0.25, -0.2) is 4.39 Å². The standard InChI is InChI=1S/C23H20FN3O2/c1-28-21-13-11-20(12-14-21)27(15-17-5-3-2-4-6-17)16-22-25-26-23(29-22)18-7-9-19(24)10-8-18/h2-14H,15-16H2,1H3. The van der Waals surface area contributed by atoms with Crippen LogP contribution in [-0.4, -0.2) is 17.3 Å². The Bertz CT molecular complexity index is 1050. The number of hydrogen-bond acceptors (Lipinski definition) is 5. The molecule has 6 heteroatoms. The third kappa shape index (κ3) is 4.60. The number of rotatable bonds is 7. The van der Waals surface area contributed by atoms with Crippen molar-refractivity contribution in [3.8, 4) is 17.2 Å². The zero-order valence-electron chi connectivity index (χ0n) is 16.0. The lowest BCUT2D eigenvalue weighted by atomic mass is 10.2. The van der Waals surface area contributed by atoms with Crippen LogP contribution < -0.4 is 9.64 Å². The van der Waals surface area contributed by atoms with Gasteiger partial charge in [0.1, 0.15) is 11.6 Å². The van der Waals surface area contributed by atoms with E-state index in [1.54, 1.807) is 19.2 Å². The van der Waals surface area contributed by atoms with Crippen molar-refractivity contribution in [2.24, 2.45) is 0 Å². The third-order valence-corrected chi connectivity index (χ3v) is 4.54. The van der Waals surface area contributed by atoms with Gasteiger partial charge in [0.2, 0.25) is 11.8 Å². The number of halogens is 1. The predicted molar refractivity (Wildman–Crippen MR) is 109 cm³/mol. The third-order valence-electron chi connectivity index (χ3n) is 4.54. The molecule has 0 fully saturated rings. The van der Waals surface area contributed by atoms with E-state index in [2.05, 4.69) is 27.2 Å². The maximum Gasteiger partial charge on any atom is 0.247 e. The molecule has 0 spiro atoms. The molecule has 0 bridgehead atoms. The summed E-state index contributed by atoms with van der Waals surface area (Å²) < 4.78 is 24.2. The Balaban J connectivity index is 1.58. The molecule has 29 heavy (non-hydrogen) atoms. The van der Waals surface area contributed by atoms with Crippen LogP contribution in [0.1, 0.15) is 11.5 Å². The SMILES string of the molecule is COc1ccc(N(Cc2ccccc2)Cc2nnc(-c3ccc(F)cc3)o2)cc1. The van der Waals surface area contributed by atoms with Crippen molar-refractivity contribution >= 4 is 5.69 Å². The Morgan fingerprint density at radius 2 is 1.59 bits per heavy atom. The Kier molecular flexibility index (Phi) is 5.52. The lowest BCUT2D eigenvalue weighted by Crippen LogP contribution is -2.22. The number of ether oxygens (including phenoxy) is 1. The van der Waals surface area contributed by atoms with Crippen LogP contribution in [0.4, 0.5) is 10.1 Å². The van der Waals surface area contributed by atoms with E-state index in [9.17, 15) is 4.39 Å². The van der Waals surface area contributed by atoms with E-state index in [1.165, 1.54) is 17.7 Å². The van der Waals surface area contributed by atoms with Crippen molar-refractivity contribution in [2.75, 3.05) is 12.0 Å². The zero-order chi connectivity index (χ0) is 20.1. The second kappa shape index (κ2) is 8.56. The average molecular weight is 389 g/mol. The number of nitrogens with zero attached hydrogens (tertiary/aromatic N) is 3. The topological polar surface area (TPSA) is 51.4 Å². The van der Waals surface area contributed by atoms with Gasteiger partial charge in [0.05, 0.1) is 13.7 Å².